The third kappa shape index (κ3) is 3.23. The first kappa shape index (κ1) is 12.4. The number of nitrogens with one attached hydrogen (secondary N) is 1. The fourth-order valence-electron chi connectivity index (χ4n) is 1.75. The van der Waals surface area contributed by atoms with Gasteiger partial charge in [-0.05, 0) is 42.8 Å². The molecular weight excluding hydrogens is 226 g/mol. The highest BCUT2D eigenvalue weighted by molar-refractivity contribution is 5.96. The van der Waals surface area contributed by atoms with Crippen molar-refractivity contribution in [2.75, 3.05) is 5.32 Å². The Morgan fingerprint density at radius 2 is 2.00 bits per heavy atom. The molecule has 0 aliphatic rings. The number of benzene rings is 1. The minimum Gasteiger partial charge on any atom is -0.467 e. The predicted molar refractivity (Wildman–Crippen MR) is 71.7 cm³/mol. The monoisotopic (exact) mass is 243 g/mol. The predicted octanol–water partition coefficient (Wildman–Crippen LogP) is 3.87. The Morgan fingerprint density at radius 1 is 1.22 bits per heavy atom. The number of furan rings is 1. The lowest BCUT2D eigenvalue weighted by atomic mass is 10.1. The summed E-state index contributed by atoms with van der Waals surface area (Å²) in [5.41, 5.74) is 1.76. The quantitative estimate of drug-likeness (QED) is 0.783. The van der Waals surface area contributed by atoms with Crippen LogP contribution in [0.4, 0.5) is 5.69 Å². The standard InChI is InChI=1S/C15H17NO2/c1-2-4-15(17)12-6-8-13(9-7-12)16-11-14-5-3-10-18-14/h3,5-10,16H,2,4,11H2,1H3. The van der Waals surface area contributed by atoms with E-state index in [0.717, 1.165) is 23.4 Å². The maximum atomic E-state index is 11.7. The first-order chi connectivity index (χ1) is 8.79. The molecule has 0 radical (unpaired) electrons. The summed E-state index contributed by atoms with van der Waals surface area (Å²) in [6.45, 7) is 2.66. The summed E-state index contributed by atoms with van der Waals surface area (Å²) in [4.78, 5) is 11.7. The Balaban J connectivity index is 1.93. The molecule has 1 aromatic heterocycles. The van der Waals surface area contributed by atoms with Crippen LogP contribution >= 0.6 is 0 Å². The van der Waals surface area contributed by atoms with Crippen molar-refractivity contribution in [3.05, 3.63) is 54.0 Å². The molecule has 0 amide bonds. The molecular formula is C15H17NO2. The number of rotatable bonds is 6. The Hall–Kier alpha value is -2.03. The van der Waals surface area contributed by atoms with Gasteiger partial charge in [-0.25, -0.2) is 0 Å². The number of hydrogen-bond donors (Lipinski definition) is 1. The van der Waals surface area contributed by atoms with E-state index in [1.54, 1.807) is 6.26 Å². The third-order valence-electron chi connectivity index (χ3n) is 2.73. The van der Waals surface area contributed by atoms with E-state index in [1.165, 1.54) is 0 Å². The van der Waals surface area contributed by atoms with Crippen molar-refractivity contribution < 1.29 is 9.21 Å². The molecule has 0 saturated carbocycles. The fraction of sp³-hybridized carbons (Fsp3) is 0.267. The van der Waals surface area contributed by atoms with Gasteiger partial charge >= 0.3 is 0 Å². The van der Waals surface area contributed by atoms with Crippen LogP contribution in [0.25, 0.3) is 0 Å². The molecule has 1 heterocycles. The van der Waals surface area contributed by atoms with Gasteiger partial charge < -0.3 is 9.73 Å². The maximum absolute atomic E-state index is 11.7. The first-order valence-electron chi connectivity index (χ1n) is 6.19. The molecule has 0 aliphatic heterocycles. The fourth-order valence-corrected chi connectivity index (χ4v) is 1.75. The van der Waals surface area contributed by atoms with Gasteiger partial charge in [0.05, 0.1) is 12.8 Å². The Labute approximate surface area is 107 Å². The van der Waals surface area contributed by atoms with Crippen LogP contribution in [-0.2, 0) is 6.54 Å². The van der Waals surface area contributed by atoms with Gasteiger partial charge in [0.25, 0.3) is 0 Å². The lowest BCUT2D eigenvalue weighted by molar-refractivity contribution is 0.0982. The number of carbonyl (C=O) groups excluding carboxylic acids is 1. The highest BCUT2D eigenvalue weighted by Gasteiger charge is 2.04. The van der Waals surface area contributed by atoms with E-state index < -0.39 is 0 Å². The van der Waals surface area contributed by atoms with E-state index >= 15 is 0 Å². The average molecular weight is 243 g/mol. The summed E-state index contributed by atoms with van der Waals surface area (Å²) < 4.78 is 5.23. The maximum Gasteiger partial charge on any atom is 0.162 e. The molecule has 0 atom stereocenters. The van der Waals surface area contributed by atoms with Gasteiger partial charge in [-0.1, -0.05) is 6.92 Å². The van der Waals surface area contributed by atoms with E-state index in [4.69, 9.17) is 4.42 Å². The normalized spacial score (nSPS) is 10.3. The van der Waals surface area contributed by atoms with Crippen LogP contribution in [0.1, 0.15) is 35.9 Å². The zero-order valence-corrected chi connectivity index (χ0v) is 10.5. The third-order valence-corrected chi connectivity index (χ3v) is 2.73. The van der Waals surface area contributed by atoms with Crippen LogP contribution in [-0.4, -0.2) is 5.78 Å². The number of hydrogen-bond acceptors (Lipinski definition) is 3. The molecule has 0 fully saturated rings. The van der Waals surface area contributed by atoms with Gasteiger partial charge in [0.2, 0.25) is 0 Å². The smallest absolute Gasteiger partial charge is 0.162 e. The molecule has 0 saturated heterocycles. The van der Waals surface area contributed by atoms with E-state index in [1.807, 2.05) is 43.3 Å². The molecule has 18 heavy (non-hydrogen) atoms. The number of anilines is 1. The van der Waals surface area contributed by atoms with Crippen LogP contribution in [0.2, 0.25) is 0 Å². The summed E-state index contributed by atoms with van der Waals surface area (Å²) in [7, 11) is 0. The van der Waals surface area contributed by atoms with Crippen LogP contribution in [0.5, 0.6) is 0 Å². The topological polar surface area (TPSA) is 42.2 Å². The molecule has 3 heteroatoms. The number of Topliss-reactive ketones (excluding diaryl/α,β-unsaturated/α-hetero) is 1. The van der Waals surface area contributed by atoms with E-state index in [-0.39, 0.29) is 5.78 Å². The summed E-state index contributed by atoms with van der Waals surface area (Å²) in [6.07, 6.45) is 3.15. The van der Waals surface area contributed by atoms with Crippen molar-refractivity contribution >= 4 is 11.5 Å². The lowest BCUT2D eigenvalue weighted by Crippen LogP contribution is -2.00. The van der Waals surface area contributed by atoms with Crippen molar-refractivity contribution in [3.63, 3.8) is 0 Å². The summed E-state index contributed by atoms with van der Waals surface area (Å²) in [5, 5.41) is 3.24. The largest absolute Gasteiger partial charge is 0.467 e. The summed E-state index contributed by atoms with van der Waals surface area (Å²) in [5.74, 6) is 1.09. The van der Waals surface area contributed by atoms with Gasteiger partial charge in [0.15, 0.2) is 5.78 Å². The average Bonchev–Trinajstić information content (AvgIpc) is 2.90. The Morgan fingerprint density at radius 3 is 2.61 bits per heavy atom. The van der Waals surface area contributed by atoms with Crippen LogP contribution in [0, 0.1) is 0 Å². The zero-order valence-electron chi connectivity index (χ0n) is 10.5. The van der Waals surface area contributed by atoms with Gasteiger partial charge in [-0.15, -0.1) is 0 Å². The van der Waals surface area contributed by atoms with Crippen molar-refractivity contribution in [1.82, 2.24) is 0 Å². The van der Waals surface area contributed by atoms with Crippen molar-refractivity contribution in [2.45, 2.75) is 26.3 Å². The summed E-state index contributed by atoms with van der Waals surface area (Å²) in [6, 6.07) is 11.4. The van der Waals surface area contributed by atoms with Crippen LogP contribution in [0.15, 0.2) is 47.1 Å². The molecule has 2 rings (SSSR count). The second-order valence-corrected chi connectivity index (χ2v) is 4.18. The van der Waals surface area contributed by atoms with E-state index in [2.05, 4.69) is 5.32 Å². The van der Waals surface area contributed by atoms with Gasteiger partial charge in [-0.2, -0.15) is 0 Å². The van der Waals surface area contributed by atoms with Gasteiger partial charge in [0, 0.05) is 17.7 Å². The number of ketones is 1. The molecule has 0 bridgehead atoms. The molecule has 0 aliphatic carbocycles. The second-order valence-electron chi connectivity index (χ2n) is 4.18. The van der Waals surface area contributed by atoms with Crippen LogP contribution < -0.4 is 5.32 Å². The lowest BCUT2D eigenvalue weighted by Gasteiger charge is -2.05. The molecule has 3 nitrogen and oxygen atoms in total. The first-order valence-corrected chi connectivity index (χ1v) is 6.19. The minimum atomic E-state index is 0.204. The zero-order chi connectivity index (χ0) is 12.8. The SMILES string of the molecule is CCCC(=O)c1ccc(NCc2ccco2)cc1. The molecule has 2 aromatic rings. The van der Waals surface area contributed by atoms with Crippen molar-refractivity contribution in [2.24, 2.45) is 0 Å². The molecule has 1 N–H and O–H groups in total. The van der Waals surface area contributed by atoms with Crippen LogP contribution in [0.3, 0.4) is 0 Å². The molecule has 0 spiro atoms. The van der Waals surface area contributed by atoms with Gasteiger partial charge in [0.1, 0.15) is 5.76 Å². The highest BCUT2D eigenvalue weighted by atomic mass is 16.3. The van der Waals surface area contributed by atoms with Crippen molar-refractivity contribution in [1.29, 1.82) is 0 Å². The van der Waals surface area contributed by atoms with E-state index in [0.29, 0.717) is 13.0 Å². The van der Waals surface area contributed by atoms with Crippen molar-refractivity contribution in [3.8, 4) is 0 Å². The summed E-state index contributed by atoms with van der Waals surface area (Å²) >= 11 is 0. The van der Waals surface area contributed by atoms with Gasteiger partial charge in [-0.3, -0.25) is 4.79 Å². The Bertz CT molecular complexity index is 486. The second kappa shape index (κ2) is 6.05. The number of carbonyl (C=O) groups is 1. The van der Waals surface area contributed by atoms with E-state index in [9.17, 15) is 4.79 Å². The molecule has 1 aromatic carbocycles. The molecule has 94 valence electrons. The molecule has 0 unspecified atom stereocenters. The highest BCUT2D eigenvalue weighted by Crippen LogP contribution is 2.13. The minimum absolute atomic E-state index is 0.204. The Kier molecular flexibility index (Phi) is 4.18.